The highest BCUT2D eigenvalue weighted by Gasteiger charge is 2.29. The molecule has 118 valence electrons. The van der Waals surface area contributed by atoms with Gasteiger partial charge >= 0.3 is 5.97 Å². The molecule has 1 rings (SSSR count). The average molecular weight is 313 g/mol. The first-order chi connectivity index (χ1) is 9.69. The van der Waals surface area contributed by atoms with Gasteiger partial charge in [0.1, 0.15) is 0 Å². The molecule has 0 bridgehead atoms. The molecule has 1 aromatic heterocycles. The van der Waals surface area contributed by atoms with Crippen LogP contribution in [0.1, 0.15) is 39.3 Å². The third-order valence-electron chi connectivity index (χ3n) is 3.16. The van der Waals surface area contributed by atoms with E-state index in [0.29, 0.717) is 11.7 Å². The summed E-state index contributed by atoms with van der Waals surface area (Å²) < 4.78 is 1.95. The van der Waals surface area contributed by atoms with Crippen molar-refractivity contribution in [3.63, 3.8) is 0 Å². The van der Waals surface area contributed by atoms with Crippen LogP contribution >= 0.6 is 11.8 Å². The van der Waals surface area contributed by atoms with Crippen molar-refractivity contribution >= 4 is 23.6 Å². The number of carbonyl (C=O) groups excluding carboxylic acids is 1. The minimum absolute atomic E-state index is 0.0467. The molecular formula is C14H23N3O3S. The molecule has 7 heteroatoms. The number of aromatic nitrogens is 2. The maximum absolute atomic E-state index is 12.0. The van der Waals surface area contributed by atoms with Crippen LogP contribution in [0.3, 0.4) is 0 Å². The molecule has 21 heavy (non-hydrogen) atoms. The smallest absolute Gasteiger partial charge is 0.313 e. The number of carboxylic acids is 1. The first kappa shape index (κ1) is 17.6. The van der Waals surface area contributed by atoms with Crippen LogP contribution in [0.25, 0.3) is 0 Å². The van der Waals surface area contributed by atoms with Crippen molar-refractivity contribution in [2.75, 3.05) is 12.8 Å². The fraction of sp³-hybridized carbons (Fsp3) is 0.643. The molecule has 0 aliphatic heterocycles. The Balaban J connectivity index is 3.09. The van der Waals surface area contributed by atoms with E-state index in [-0.39, 0.29) is 17.6 Å². The Hall–Kier alpha value is -1.50. The first-order valence-electron chi connectivity index (χ1n) is 6.81. The Morgan fingerprint density at radius 3 is 2.57 bits per heavy atom. The van der Waals surface area contributed by atoms with E-state index in [1.54, 1.807) is 13.2 Å². The van der Waals surface area contributed by atoms with Crippen molar-refractivity contribution in [3.05, 3.63) is 11.9 Å². The summed E-state index contributed by atoms with van der Waals surface area (Å²) in [5.41, 5.74) is 0.400. The van der Waals surface area contributed by atoms with E-state index < -0.39 is 11.4 Å². The van der Waals surface area contributed by atoms with Gasteiger partial charge < -0.3 is 15.0 Å². The lowest BCUT2D eigenvalue weighted by atomic mass is 9.92. The molecule has 1 amide bonds. The minimum atomic E-state index is -0.883. The number of aliphatic carboxylic acids is 1. The predicted octanol–water partition coefficient (Wildman–Crippen LogP) is 1.96. The molecule has 1 aromatic rings. The number of nitrogens with one attached hydrogen (secondary N) is 1. The van der Waals surface area contributed by atoms with Gasteiger partial charge in [-0.25, -0.2) is 4.98 Å². The standard InChI is InChI=1S/C14H23N3O3S/c1-9(2)10-6-16-13(21-7-11(18)19)17(10)8-14(3,4)12(20)15-5/h6,9H,7-8H2,1-5H3,(H,15,20)(H,18,19). The van der Waals surface area contributed by atoms with Crippen LogP contribution in [0.5, 0.6) is 0 Å². The van der Waals surface area contributed by atoms with E-state index in [2.05, 4.69) is 10.3 Å². The van der Waals surface area contributed by atoms with Crippen molar-refractivity contribution in [1.82, 2.24) is 14.9 Å². The van der Waals surface area contributed by atoms with Crippen LogP contribution in [0.4, 0.5) is 0 Å². The van der Waals surface area contributed by atoms with E-state index in [1.807, 2.05) is 32.3 Å². The normalized spacial score (nSPS) is 11.7. The van der Waals surface area contributed by atoms with E-state index in [1.165, 1.54) is 11.8 Å². The van der Waals surface area contributed by atoms with Gasteiger partial charge in [-0.3, -0.25) is 9.59 Å². The lowest BCUT2D eigenvalue weighted by Gasteiger charge is -2.26. The van der Waals surface area contributed by atoms with Gasteiger partial charge in [0.25, 0.3) is 0 Å². The Kier molecular flexibility index (Phi) is 5.83. The molecule has 0 saturated heterocycles. The molecule has 1 heterocycles. The van der Waals surface area contributed by atoms with Gasteiger partial charge in [-0.2, -0.15) is 0 Å². The summed E-state index contributed by atoms with van der Waals surface area (Å²) in [7, 11) is 1.61. The number of nitrogens with zero attached hydrogens (tertiary/aromatic N) is 2. The third kappa shape index (κ3) is 4.49. The Bertz CT molecular complexity index is 524. The summed E-state index contributed by atoms with van der Waals surface area (Å²) in [6.07, 6.45) is 1.76. The van der Waals surface area contributed by atoms with Crippen molar-refractivity contribution in [1.29, 1.82) is 0 Å². The Labute approximate surface area is 129 Å². The van der Waals surface area contributed by atoms with Gasteiger partial charge in [-0.1, -0.05) is 25.6 Å². The summed E-state index contributed by atoms with van der Waals surface area (Å²) in [4.78, 5) is 27.0. The first-order valence-corrected chi connectivity index (χ1v) is 7.79. The van der Waals surface area contributed by atoms with Gasteiger partial charge in [0.05, 0.1) is 11.2 Å². The highest BCUT2D eigenvalue weighted by atomic mass is 32.2. The molecule has 0 aliphatic rings. The highest BCUT2D eigenvalue weighted by molar-refractivity contribution is 7.99. The fourth-order valence-electron chi connectivity index (χ4n) is 2.04. The minimum Gasteiger partial charge on any atom is -0.481 e. The zero-order valence-corrected chi connectivity index (χ0v) is 14.0. The Morgan fingerprint density at radius 2 is 2.10 bits per heavy atom. The number of carbonyl (C=O) groups is 2. The van der Waals surface area contributed by atoms with Gasteiger partial charge in [0.15, 0.2) is 5.16 Å². The lowest BCUT2D eigenvalue weighted by molar-refractivity contribution is -0.134. The van der Waals surface area contributed by atoms with E-state index in [4.69, 9.17) is 5.11 Å². The van der Waals surface area contributed by atoms with Crippen molar-refractivity contribution in [2.45, 2.75) is 45.3 Å². The van der Waals surface area contributed by atoms with Gasteiger partial charge in [0, 0.05) is 25.5 Å². The van der Waals surface area contributed by atoms with Gasteiger partial charge in [-0.05, 0) is 19.8 Å². The molecule has 0 radical (unpaired) electrons. The zero-order chi connectivity index (χ0) is 16.2. The molecule has 0 atom stereocenters. The van der Waals surface area contributed by atoms with Crippen molar-refractivity contribution < 1.29 is 14.7 Å². The predicted molar refractivity (Wildman–Crippen MR) is 82.5 cm³/mol. The molecule has 0 fully saturated rings. The molecule has 0 spiro atoms. The summed E-state index contributed by atoms with van der Waals surface area (Å²) in [6, 6.07) is 0. The quantitative estimate of drug-likeness (QED) is 0.752. The Morgan fingerprint density at radius 1 is 1.48 bits per heavy atom. The molecule has 0 aliphatic carbocycles. The van der Waals surface area contributed by atoms with Crippen LogP contribution in [-0.4, -0.2) is 39.3 Å². The second-order valence-electron chi connectivity index (χ2n) is 5.85. The average Bonchev–Trinajstić information content (AvgIpc) is 2.77. The second kappa shape index (κ2) is 6.98. The summed E-state index contributed by atoms with van der Waals surface area (Å²) in [6.45, 7) is 8.28. The molecule has 0 aromatic carbocycles. The van der Waals surface area contributed by atoms with Crippen LogP contribution in [-0.2, 0) is 16.1 Å². The number of rotatable bonds is 7. The molecule has 0 unspecified atom stereocenters. The molecule has 0 saturated carbocycles. The number of carboxylic acid groups (broad SMARTS) is 1. The van der Waals surface area contributed by atoms with E-state index in [9.17, 15) is 9.59 Å². The number of amides is 1. The molecule has 6 nitrogen and oxygen atoms in total. The topological polar surface area (TPSA) is 84.2 Å². The lowest BCUT2D eigenvalue weighted by Crippen LogP contribution is -2.38. The fourth-order valence-corrected chi connectivity index (χ4v) is 2.74. The highest BCUT2D eigenvalue weighted by Crippen LogP contribution is 2.28. The van der Waals surface area contributed by atoms with Crippen LogP contribution in [0.15, 0.2) is 11.4 Å². The monoisotopic (exact) mass is 313 g/mol. The maximum atomic E-state index is 12.0. The zero-order valence-electron chi connectivity index (χ0n) is 13.1. The van der Waals surface area contributed by atoms with E-state index in [0.717, 1.165) is 5.69 Å². The van der Waals surface area contributed by atoms with Crippen LogP contribution in [0, 0.1) is 5.41 Å². The summed E-state index contributed by atoms with van der Waals surface area (Å²) >= 11 is 1.17. The van der Waals surface area contributed by atoms with Crippen LogP contribution < -0.4 is 5.32 Å². The maximum Gasteiger partial charge on any atom is 0.313 e. The number of thioether (sulfide) groups is 1. The summed E-state index contributed by atoms with van der Waals surface area (Å²) in [5, 5.41) is 12.1. The number of hydrogen-bond donors (Lipinski definition) is 2. The van der Waals surface area contributed by atoms with Crippen molar-refractivity contribution in [2.24, 2.45) is 5.41 Å². The number of imidazole rings is 1. The van der Waals surface area contributed by atoms with Gasteiger partial charge in [0.2, 0.25) is 5.91 Å². The second-order valence-corrected chi connectivity index (χ2v) is 6.79. The van der Waals surface area contributed by atoms with Crippen molar-refractivity contribution in [3.8, 4) is 0 Å². The molecule has 2 N–H and O–H groups in total. The largest absolute Gasteiger partial charge is 0.481 e. The summed E-state index contributed by atoms with van der Waals surface area (Å²) in [5.74, 6) is -0.738. The van der Waals surface area contributed by atoms with Crippen LogP contribution in [0.2, 0.25) is 0 Å². The molecular weight excluding hydrogens is 290 g/mol. The number of hydrogen-bond acceptors (Lipinski definition) is 4. The van der Waals surface area contributed by atoms with Gasteiger partial charge in [-0.15, -0.1) is 0 Å². The SMILES string of the molecule is CNC(=O)C(C)(C)Cn1c(C(C)C)cnc1SCC(=O)O. The van der Waals surface area contributed by atoms with E-state index >= 15 is 0 Å². The third-order valence-corrected chi connectivity index (χ3v) is 4.14.